The number of nitrogens with one attached hydrogen (secondary N) is 1. The van der Waals surface area contributed by atoms with Crippen LogP contribution < -0.4 is 4.74 Å². The Balaban J connectivity index is 2.54. The number of methoxy groups -OCH3 is 1. The summed E-state index contributed by atoms with van der Waals surface area (Å²) in [4.78, 5) is 15.7. The molecule has 8 heteroatoms. The van der Waals surface area contributed by atoms with E-state index >= 15 is 0 Å². The van der Waals surface area contributed by atoms with Crippen LogP contribution in [0, 0.1) is 0 Å². The fourth-order valence-corrected chi connectivity index (χ4v) is 4.51. The molecule has 0 aliphatic rings. The molecule has 1 aromatic carbocycles. The van der Waals surface area contributed by atoms with Crippen LogP contribution >= 0.6 is 7.60 Å². The first-order chi connectivity index (χ1) is 12.0. The first-order valence-electron chi connectivity index (χ1n) is 8.21. The number of aromatic amines is 1. The van der Waals surface area contributed by atoms with Crippen molar-refractivity contribution in [2.24, 2.45) is 0 Å². The molecule has 1 aromatic heterocycles. The fraction of sp³-hybridized carbons (Fsp3) is 0.471. The highest BCUT2D eigenvalue weighted by molar-refractivity contribution is 7.55. The molecular formula is C17H24NO6P. The molecular weight excluding hydrogens is 345 g/mol. The summed E-state index contributed by atoms with van der Waals surface area (Å²) < 4.78 is 34.3. The van der Waals surface area contributed by atoms with E-state index in [1.54, 1.807) is 40.0 Å². The SMILES string of the molecule is CCOC(=O)C(c1cc2cc(OC)ccc2[nH]1)P(=O)(OCC)OCC. The molecule has 1 unspecified atom stereocenters. The molecule has 7 nitrogen and oxygen atoms in total. The summed E-state index contributed by atoms with van der Waals surface area (Å²) in [5.74, 6) is 0.0368. The number of fused-ring (bicyclic) bond motifs is 1. The van der Waals surface area contributed by atoms with Crippen LogP contribution in [0.25, 0.3) is 10.9 Å². The van der Waals surface area contributed by atoms with Crippen LogP contribution in [0.15, 0.2) is 24.3 Å². The predicted molar refractivity (Wildman–Crippen MR) is 95.1 cm³/mol. The van der Waals surface area contributed by atoms with Gasteiger partial charge in [-0.15, -0.1) is 0 Å². The summed E-state index contributed by atoms with van der Waals surface area (Å²) >= 11 is 0. The van der Waals surface area contributed by atoms with Crippen molar-refractivity contribution < 1.29 is 27.9 Å². The summed E-state index contributed by atoms with van der Waals surface area (Å²) in [7, 11) is -2.17. The van der Waals surface area contributed by atoms with Gasteiger partial charge in [0.1, 0.15) is 5.75 Å². The molecule has 25 heavy (non-hydrogen) atoms. The number of carbonyl (C=O) groups excluding carboxylic acids is 1. The lowest BCUT2D eigenvalue weighted by atomic mass is 10.2. The van der Waals surface area contributed by atoms with Crippen LogP contribution in [0.1, 0.15) is 32.1 Å². The Morgan fingerprint density at radius 3 is 2.36 bits per heavy atom. The van der Waals surface area contributed by atoms with Crippen molar-refractivity contribution in [2.45, 2.75) is 26.4 Å². The Morgan fingerprint density at radius 1 is 1.12 bits per heavy atom. The zero-order valence-electron chi connectivity index (χ0n) is 14.9. The van der Waals surface area contributed by atoms with Gasteiger partial charge in [0.25, 0.3) is 0 Å². The quantitative estimate of drug-likeness (QED) is 0.530. The van der Waals surface area contributed by atoms with Crippen molar-refractivity contribution in [3.8, 4) is 5.75 Å². The van der Waals surface area contributed by atoms with Crippen molar-refractivity contribution in [2.75, 3.05) is 26.9 Å². The zero-order chi connectivity index (χ0) is 18.4. The Morgan fingerprint density at radius 2 is 1.80 bits per heavy atom. The van der Waals surface area contributed by atoms with E-state index in [-0.39, 0.29) is 19.8 Å². The minimum Gasteiger partial charge on any atom is -0.497 e. The number of rotatable bonds is 9. The second-order valence-electron chi connectivity index (χ2n) is 5.21. The first kappa shape index (κ1) is 19.5. The lowest BCUT2D eigenvalue weighted by molar-refractivity contribution is -0.143. The molecule has 0 aliphatic heterocycles. The smallest absolute Gasteiger partial charge is 0.350 e. The zero-order valence-corrected chi connectivity index (χ0v) is 15.8. The van der Waals surface area contributed by atoms with Crippen molar-refractivity contribution in [1.29, 1.82) is 0 Å². The van der Waals surface area contributed by atoms with Gasteiger partial charge in [0, 0.05) is 16.6 Å². The minimum absolute atomic E-state index is 0.154. The number of ether oxygens (including phenoxy) is 2. The molecule has 0 radical (unpaired) electrons. The third-order valence-corrected chi connectivity index (χ3v) is 5.95. The van der Waals surface area contributed by atoms with E-state index < -0.39 is 19.2 Å². The van der Waals surface area contributed by atoms with E-state index in [0.717, 1.165) is 10.9 Å². The average molecular weight is 369 g/mol. The minimum atomic E-state index is -3.75. The van der Waals surface area contributed by atoms with E-state index in [2.05, 4.69) is 4.98 Å². The standard InChI is InChI=1S/C17H24NO6P/c1-5-22-17(19)16(25(20,23-6-2)24-7-3)15-11-12-10-13(21-4)8-9-14(12)18-15/h8-11,16,18H,5-7H2,1-4H3. The summed E-state index contributed by atoms with van der Waals surface area (Å²) in [6.45, 7) is 5.56. The van der Waals surface area contributed by atoms with Gasteiger partial charge in [-0.05, 0) is 45.0 Å². The van der Waals surface area contributed by atoms with Gasteiger partial charge in [-0.1, -0.05) is 0 Å². The Labute approximate surface area is 147 Å². The van der Waals surface area contributed by atoms with Crippen LogP contribution in [0.4, 0.5) is 0 Å². The molecule has 138 valence electrons. The summed E-state index contributed by atoms with van der Waals surface area (Å²) in [5.41, 5.74) is 0.0299. The molecule has 1 atom stereocenters. The molecule has 2 rings (SSSR count). The van der Waals surface area contributed by atoms with Gasteiger partial charge in [-0.2, -0.15) is 0 Å². The first-order valence-corrected chi connectivity index (χ1v) is 9.82. The topological polar surface area (TPSA) is 86.9 Å². The van der Waals surface area contributed by atoms with Crippen LogP contribution in [-0.4, -0.2) is 37.9 Å². The molecule has 0 saturated heterocycles. The molecule has 0 saturated carbocycles. The van der Waals surface area contributed by atoms with Gasteiger partial charge in [-0.3, -0.25) is 9.36 Å². The van der Waals surface area contributed by atoms with Crippen LogP contribution in [0.2, 0.25) is 0 Å². The van der Waals surface area contributed by atoms with Crippen molar-refractivity contribution in [1.82, 2.24) is 4.98 Å². The van der Waals surface area contributed by atoms with Gasteiger partial charge < -0.3 is 23.5 Å². The molecule has 0 amide bonds. The largest absolute Gasteiger partial charge is 0.497 e. The Hall–Kier alpha value is -1.82. The van der Waals surface area contributed by atoms with Crippen molar-refractivity contribution in [3.05, 3.63) is 30.0 Å². The second-order valence-corrected chi connectivity index (χ2v) is 7.32. The number of benzene rings is 1. The maximum atomic E-state index is 13.2. The van der Waals surface area contributed by atoms with Gasteiger partial charge in [-0.25, -0.2) is 0 Å². The third-order valence-electron chi connectivity index (χ3n) is 3.59. The monoisotopic (exact) mass is 369 g/mol. The molecule has 0 spiro atoms. The van der Waals surface area contributed by atoms with Crippen LogP contribution in [-0.2, 0) is 23.1 Å². The maximum Gasteiger partial charge on any atom is 0.350 e. The number of hydrogen-bond donors (Lipinski definition) is 1. The van der Waals surface area contributed by atoms with E-state index in [1.165, 1.54) is 0 Å². The van der Waals surface area contributed by atoms with Crippen molar-refractivity contribution >= 4 is 24.5 Å². The number of esters is 1. The number of carbonyl (C=O) groups is 1. The number of H-pyrrole nitrogens is 1. The van der Waals surface area contributed by atoms with Gasteiger partial charge >= 0.3 is 13.6 Å². The molecule has 1 heterocycles. The molecule has 0 fully saturated rings. The highest BCUT2D eigenvalue weighted by Gasteiger charge is 2.44. The lowest BCUT2D eigenvalue weighted by Crippen LogP contribution is -2.19. The van der Waals surface area contributed by atoms with Gasteiger partial charge in [0.05, 0.1) is 26.9 Å². The van der Waals surface area contributed by atoms with Gasteiger partial charge in [0.15, 0.2) is 5.66 Å². The van der Waals surface area contributed by atoms with Crippen molar-refractivity contribution in [3.63, 3.8) is 0 Å². The molecule has 1 N–H and O–H groups in total. The maximum absolute atomic E-state index is 13.2. The van der Waals surface area contributed by atoms with E-state index in [9.17, 15) is 9.36 Å². The molecule has 0 bridgehead atoms. The van der Waals surface area contributed by atoms with Gasteiger partial charge in [0.2, 0.25) is 0 Å². The highest BCUT2D eigenvalue weighted by atomic mass is 31.2. The lowest BCUT2D eigenvalue weighted by Gasteiger charge is -2.24. The normalized spacial score (nSPS) is 13.0. The van der Waals surface area contributed by atoms with E-state index in [4.69, 9.17) is 18.5 Å². The summed E-state index contributed by atoms with van der Waals surface area (Å²) in [5, 5.41) is 0.822. The van der Waals surface area contributed by atoms with Crippen LogP contribution in [0.3, 0.4) is 0 Å². The van der Waals surface area contributed by atoms with E-state index in [1.807, 2.05) is 12.1 Å². The predicted octanol–water partition coefficient (Wildman–Crippen LogP) is 4.05. The van der Waals surface area contributed by atoms with Crippen LogP contribution in [0.5, 0.6) is 5.75 Å². The second kappa shape index (κ2) is 8.52. The fourth-order valence-electron chi connectivity index (χ4n) is 2.60. The third kappa shape index (κ3) is 4.24. The molecule has 0 aliphatic carbocycles. The Bertz CT molecular complexity index is 762. The summed E-state index contributed by atoms with van der Waals surface area (Å²) in [6, 6.07) is 7.19. The molecule has 2 aromatic rings. The van der Waals surface area contributed by atoms with E-state index in [0.29, 0.717) is 11.4 Å². The summed E-state index contributed by atoms with van der Waals surface area (Å²) in [6.07, 6.45) is 0. The Kier molecular flexibility index (Phi) is 6.64. The highest BCUT2D eigenvalue weighted by Crippen LogP contribution is 2.61. The number of aromatic nitrogens is 1. The number of hydrogen-bond acceptors (Lipinski definition) is 6. The average Bonchev–Trinajstić information content (AvgIpc) is 2.97.